The Morgan fingerprint density at radius 3 is 2.90 bits per heavy atom. The van der Waals surface area contributed by atoms with E-state index in [1.54, 1.807) is 11.3 Å². The lowest BCUT2D eigenvalue weighted by atomic mass is 10.1. The number of amides is 1. The number of aryl methyl sites for hydroxylation is 1. The third kappa shape index (κ3) is 3.88. The number of benzene rings is 1. The Morgan fingerprint density at radius 1 is 1.35 bits per heavy atom. The molecule has 5 heteroatoms. The van der Waals surface area contributed by atoms with Gasteiger partial charge in [0.1, 0.15) is 0 Å². The highest BCUT2D eigenvalue weighted by molar-refractivity contribution is 7.09. The molecule has 2 N–H and O–H groups in total. The third-order valence-corrected chi connectivity index (χ3v) is 3.65. The minimum absolute atomic E-state index is 0.0447. The van der Waals surface area contributed by atoms with Gasteiger partial charge in [-0.3, -0.25) is 4.79 Å². The summed E-state index contributed by atoms with van der Waals surface area (Å²) in [6.45, 7) is 6.35. The molecule has 0 aliphatic carbocycles. The second kappa shape index (κ2) is 7.17. The number of hydrogen-bond donors (Lipinski definition) is 2. The number of nitrogens with zero attached hydrogens (tertiary/aromatic N) is 1. The fourth-order valence-corrected chi connectivity index (χ4v) is 2.48. The van der Waals surface area contributed by atoms with Gasteiger partial charge < -0.3 is 10.6 Å². The van der Waals surface area contributed by atoms with Crippen LogP contribution in [0.5, 0.6) is 0 Å². The first kappa shape index (κ1) is 14.7. The number of carbonyl (C=O) groups is 1. The highest BCUT2D eigenvalue weighted by Gasteiger charge is 2.08. The SMILES string of the molecule is CCNCCNC(=O)c1cccc(-c2csc(C)n2)c1. The van der Waals surface area contributed by atoms with Crippen LogP contribution in [0.1, 0.15) is 22.3 Å². The second-order valence-electron chi connectivity index (χ2n) is 4.44. The molecule has 0 aliphatic rings. The van der Waals surface area contributed by atoms with E-state index < -0.39 is 0 Å². The Hall–Kier alpha value is -1.72. The average molecular weight is 289 g/mol. The van der Waals surface area contributed by atoms with Crippen LogP contribution in [0, 0.1) is 6.92 Å². The summed E-state index contributed by atoms with van der Waals surface area (Å²) in [5.41, 5.74) is 2.58. The van der Waals surface area contributed by atoms with Crippen LogP contribution in [0.2, 0.25) is 0 Å². The molecule has 1 aromatic heterocycles. The van der Waals surface area contributed by atoms with Crippen molar-refractivity contribution in [2.45, 2.75) is 13.8 Å². The molecule has 2 aromatic rings. The van der Waals surface area contributed by atoms with Gasteiger partial charge in [0.2, 0.25) is 0 Å². The number of carbonyl (C=O) groups excluding carboxylic acids is 1. The molecule has 0 bridgehead atoms. The normalized spacial score (nSPS) is 10.5. The van der Waals surface area contributed by atoms with Crippen molar-refractivity contribution in [1.82, 2.24) is 15.6 Å². The topological polar surface area (TPSA) is 54.0 Å². The average Bonchev–Trinajstić information content (AvgIpc) is 2.90. The number of likely N-dealkylation sites (N-methyl/N-ethyl adjacent to an activating group) is 1. The summed E-state index contributed by atoms with van der Waals surface area (Å²) in [6, 6.07) is 7.58. The standard InChI is InChI=1S/C15H19N3OS/c1-3-16-7-8-17-15(19)13-6-4-5-12(9-13)14-10-20-11(2)18-14/h4-6,9-10,16H,3,7-8H2,1-2H3,(H,17,19). The van der Waals surface area contributed by atoms with Crippen molar-refractivity contribution in [1.29, 1.82) is 0 Å². The van der Waals surface area contributed by atoms with Crippen molar-refractivity contribution in [3.05, 3.63) is 40.2 Å². The van der Waals surface area contributed by atoms with Crippen molar-refractivity contribution < 1.29 is 4.79 Å². The number of nitrogens with one attached hydrogen (secondary N) is 2. The van der Waals surface area contributed by atoms with Gasteiger partial charge in [-0.05, 0) is 25.6 Å². The zero-order valence-corrected chi connectivity index (χ0v) is 12.6. The Balaban J connectivity index is 2.04. The minimum Gasteiger partial charge on any atom is -0.351 e. The Morgan fingerprint density at radius 2 is 2.20 bits per heavy atom. The molecule has 1 aromatic carbocycles. The first-order valence-electron chi connectivity index (χ1n) is 6.72. The molecular formula is C15H19N3OS. The molecule has 1 amide bonds. The second-order valence-corrected chi connectivity index (χ2v) is 5.50. The zero-order chi connectivity index (χ0) is 14.4. The van der Waals surface area contributed by atoms with Gasteiger partial charge in [-0.2, -0.15) is 0 Å². The summed E-state index contributed by atoms with van der Waals surface area (Å²) < 4.78 is 0. The van der Waals surface area contributed by atoms with E-state index in [0.29, 0.717) is 12.1 Å². The van der Waals surface area contributed by atoms with Crippen molar-refractivity contribution in [3.8, 4) is 11.3 Å². The Labute approximate surface area is 123 Å². The Bertz CT molecular complexity index is 580. The summed E-state index contributed by atoms with van der Waals surface area (Å²) in [7, 11) is 0. The smallest absolute Gasteiger partial charge is 0.251 e. The van der Waals surface area contributed by atoms with Gasteiger partial charge in [-0.25, -0.2) is 4.98 Å². The number of hydrogen-bond acceptors (Lipinski definition) is 4. The molecule has 2 rings (SSSR count). The highest BCUT2D eigenvalue weighted by atomic mass is 32.1. The molecule has 0 spiro atoms. The zero-order valence-electron chi connectivity index (χ0n) is 11.8. The molecule has 0 radical (unpaired) electrons. The lowest BCUT2D eigenvalue weighted by Crippen LogP contribution is -2.31. The van der Waals surface area contributed by atoms with E-state index in [9.17, 15) is 4.79 Å². The quantitative estimate of drug-likeness (QED) is 0.803. The lowest BCUT2D eigenvalue weighted by Gasteiger charge is -2.06. The summed E-state index contributed by atoms with van der Waals surface area (Å²) >= 11 is 1.61. The molecule has 106 valence electrons. The molecule has 0 aliphatic heterocycles. The van der Waals surface area contributed by atoms with Gasteiger partial charge in [0.05, 0.1) is 10.7 Å². The van der Waals surface area contributed by atoms with E-state index in [0.717, 1.165) is 29.4 Å². The van der Waals surface area contributed by atoms with Crippen molar-refractivity contribution >= 4 is 17.2 Å². The van der Waals surface area contributed by atoms with Crippen LogP contribution in [0.4, 0.5) is 0 Å². The van der Waals surface area contributed by atoms with Gasteiger partial charge in [-0.15, -0.1) is 11.3 Å². The van der Waals surface area contributed by atoms with E-state index >= 15 is 0 Å². The molecule has 1 heterocycles. The predicted octanol–water partition coefficient (Wildman–Crippen LogP) is 2.46. The van der Waals surface area contributed by atoms with Gasteiger partial charge in [0, 0.05) is 29.6 Å². The maximum absolute atomic E-state index is 12.0. The van der Waals surface area contributed by atoms with E-state index in [2.05, 4.69) is 15.6 Å². The van der Waals surface area contributed by atoms with Crippen molar-refractivity contribution in [2.24, 2.45) is 0 Å². The summed E-state index contributed by atoms with van der Waals surface area (Å²) in [5, 5.41) is 9.11. The summed E-state index contributed by atoms with van der Waals surface area (Å²) in [5.74, 6) is -0.0447. The van der Waals surface area contributed by atoms with Gasteiger partial charge in [0.25, 0.3) is 5.91 Å². The number of rotatable bonds is 6. The van der Waals surface area contributed by atoms with Crippen LogP contribution in [-0.2, 0) is 0 Å². The molecule has 4 nitrogen and oxygen atoms in total. The van der Waals surface area contributed by atoms with Crippen LogP contribution >= 0.6 is 11.3 Å². The highest BCUT2D eigenvalue weighted by Crippen LogP contribution is 2.22. The molecule has 0 fully saturated rings. The van der Waals surface area contributed by atoms with Crippen LogP contribution in [0.25, 0.3) is 11.3 Å². The van der Waals surface area contributed by atoms with E-state index in [4.69, 9.17) is 0 Å². The van der Waals surface area contributed by atoms with Gasteiger partial charge >= 0.3 is 0 Å². The van der Waals surface area contributed by atoms with Crippen LogP contribution in [0.15, 0.2) is 29.6 Å². The van der Waals surface area contributed by atoms with Crippen LogP contribution < -0.4 is 10.6 Å². The monoisotopic (exact) mass is 289 g/mol. The summed E-state index contributed by atoms with van der Waals surface area (Å²) in [6.07, 6.45) is 0. The molecule has 0 saturated heterocycles. The number of thiazole rings is 1. The largest absolute Gasteiger partial charge is 0.351 e. The predicted molar refractivity (Wildman–Crippen MR) is 83.2 cm³/mol. The Kier molecular flexibility index (Phi) is 5.26. The van der Waals surface area contributed by atoms with Gasteiger partial charge in [0.15, 0.2) is 0 Å². The van der Waals surface area contributed by atoms with E-state index in [-0.39, 0.29) is 5.91 Å². The molecule has 0 saturated carbocycles. The van der Waals surface area contributed by atoms with E-state index in [1.807, 2.05) is 43.5 Å². The number of aromatic nitrogens is 1. The molecule has 0 unspecified atom stereocenters. The van der Waals surface area contributed by atoms with Crippen molar-refractivity contribution in [3.63, 3.8) is 0 Å². The molecule has 0 atom stereocenters. The van der Waals surface area contributed by atoms with Crippen molar-refractivity contribution in [2.75, 3.05) is 19.6 Å². The van der Waals surface area contributed by atoms with Crippen LogP contribution in [0.3, 0.4) is 0 Å². The lowest BCUT2D eigenvalue weighted by molar-refractivity contribution is 0.0954. The molecule has 20 heavy (non-hydrogen) atoms. The maximum atomic E-state index is 12.0. The van der Waals surface area contributed by atoms with Gasteiger partial charge in [-0.1, -0.05) is 19.1 Å². The molecular weight excluding hydrogens is 270 g/mol. The van der Waals surface area contributed by atoms with Crippen LogP contribution in [-0.4, -0.2) is 30.5 Å². The third-order valence-electron chi connectivity index (χ3n) is 2.88. The maximum Gasteiger partial charge on any atom is 0.251 e. The van der Waals surface area contributed by atoms with E-state index in [1.165, 1.54) is 0 Å². The first-order chi connectivity index (χ1) is 9.70. The fourth-order valence-electron chi connectivity index (χ4n) is 1.86. The minimum atomic E-state index is -0.0447. The summed E-state index contributed by atoms with van der Waals surface area (Å²) in [4.78, 5) is 16.5. The fraction of sp³-hybridized carbons (Fsp3) is 0.333. The first-order valence-corrected chi connectivity index (χ1v) is 7.60.